The molecule has 5 nitrogen and oxygen atoms in total. The van der Waals surface area contributed by atoms with Crippen LogP contribution in [0.25, 0.3) is 11.0 Å². The minimum atomic E-state index is -3.34. The quantitative estimate of drug-likeness (QED) is 0.799. The lowest BCUT2D eigenvalue weighted by Crippen LogP contribution is -2.12. The Morgan fingerprint density at radius 3 is 2.52 bits per heavy atom. The molecule has 0 saturated heterocycles. The van der Waals surface area contributed by atoms with Gasteiger partial charge in [-0.05, 0) is 36.8 Å². The molecule has 1 N–H and O–H groups in total. The molecule has 0 aliphatic rings. The fourth-order valence-corrected chi connectivity index (χ4v) is 2.89. The van der Waals surface area contributed by atoms with Gasteiger partial charge < -0.3 is 9.73 Å². The summed E-state index contributed by atoms with van der Waals surface area (Å²) >= 11 is 0. The molecular weight excluding hydrogens is 314 g/mol. The Morgan fingerprint density at radius 2 is 1.83 bits per heavy atom. The first-order valence-electron chi connectivity index (χ1n) is 6.95. The number of nitrogens with one attached hydrogen (secondary N) is 1. The van der Waals surface area contributed by atoms with Crippen LogP contribution in [0.5, 0.6) is 0 Å². The van der Waals surface area contributed by atoms with Gasteiger partial charge in [-0.1, -0.05) is 24.3 Å². The Balaban J connectivity index is 1.93. The second kappa shape index (κ2) is 5.55. The minimum absolute atomic E-state index is 0.156. The molecule has 1 heterocycles. The summed E-state index contributed by atoms with van der Waals surface area (Å²) in [5.74, 6) is -0.245. The van der Waals surface area contributed by atoms with Gasteiger partial charge in [-0.15, -0.1) is 0 Å². The van der Waals surface area contributed by atoms with E-state index in [0.29, 0.717) is 11.3 Å². The summed E-state index contributed by atoms with van der Waals surface area (Å²) in [6.45, 7) is 1.79. The molecule has 3 rings (SSSR count). The van der Waals surface area contributed by atoms with Crippen molar-refractivity contribution >= 4 is 32.4 Å². The van der Waals surface area contributed by atoms with Crippen molar-refractivity contribution in [3.63, 3.8) is 0 Å². The second-order valence-corrected chi connectivity index (χ2v) is 7.37. The molecule has 0 saturated carbocycles. The maximum atomic E-state index is 12.3. The van der Waals surface area contributed by atoms with Crippen LogP contribution in [0, 0.1) is 6.92 Å². The molecule has 0 unspecified atom stereocenters. The Labute approximate surface area is 133 Å². The van der Waals surface area contributed by atoms with Crippen LogP contribution in [0.3, 0.4) is 0 Å². The largest absolute Gasteiger partial charge is 0.451 e. The van der Waals surface area contributed by atoms with Gasteiger partial charge in [0.25, 0.3) is 5.91 Å². The van der Waals surface area contributed by atoms with Crippen molar-refractivity contribution in [3.05, 3.63) is 59.9 Å². The highest BCUT2D eigenvalue weighted by Gasteiger charge is 2.15. The lowest BCUT2D eigenvalue weighted by Gasteiger charge is -2.09. The smallest absolute Gasteiger partial charge is 0.291 e. The Morgan fingerprint density at radius 1 is 1.09 bits per heavy atom. The molecule has 0 radical (unpaired) electrons. The lowest BCUT2D eigenvalue weighted by molar-refractivity contribution is 0.0998. The average Bonchev–Trinajstić information content (AvgIpc) is 2.92. The maximum Gasteiger partial charge on any atom is 0.291 e. The summed E-state index contributed by atoms with van der Waals surface area (Å²) in [7, 11) is -3.34. The van der Waals surface area contributed by atoms with Gasteiger partial charge in [0.2, 0.25) is 0 Å². The van der Waals surface area contributed by atoms with E-state index >= 15 is 0 Å². The van der Waals surface area contributed by atoms with Crippen molar-refractivity contribution in [2.24, 2.45) is 0 Å². The molecule has 0 fully saturated rings. The van der Waals surface area contributed by atoms with E-state index < -0.39 is 15.7 Å². The molecule has 118 valence electrons. The Kier molecular flexibility index (Phi) is 3.69. The van der Waals surface area contributed by atoms with Crippen LogP contribution in [0.2, 0.25) is 0 Å². The highest BCUT2D eigenvalue weighted by Crippen LogP contribution is 2.23. The normalized spacial score (nSPS) is 11.6. The van der Waals surface area contributed by atoms with Gasteiger partial charge in [-0.25, -0.2) is 8.42 Å². The van der Waals surface area contributed by atoms with Crippen LogP contribution in [-0.4, -0.2) is 20.6 Å². The van der Waals surface area contributed by atoms with Gasteiger partial charge in [0.05, 0.1) is 4.90 Å². The number of amides is 1. The van der Waals surface area contributed by atoms with Gasteiger partial charge in [0.15, 0.2) is 15.6 Å². The summed E-state index contributed by atoms with van der Waals surface area (Å²) in [5.41, 5.74) is 1.83. The third-order valence-corrected chi connectivity index (χ3v) is 4.64. The van der Waals surface area contributed by atoms with Crippen molar-refractivity contribution in [2.45, 2.75) is 11.8 Å². The molecule has 0 spiro atoms. The molecule has 1 aromatic heterocycles. The first-order chi connectivity index (χ1) is 10.8. The van der Waals surface area contributed by atoms with Crippen LogP contribution >= 0.6 is 0 Å². The van der Waals surface area contributed by atoms with Crippen LogP contribution in [-0.2, 0) is 9.84 Å². The number of furan rings is 1. The Hall–Kier alpha value is -2.60. The van der Waals surface area contributed by atoms with Crippen molar-refractivity contribution in [3.8, 4) is 0 Å². The summed E-state index contributed by atoms with van der Waals surface area (Å²) in [6, 6.07) is 13.6. The zero-order chi connectivity index (χ0) is 16.6. The Bertz CT molecular complexity index is 969. The number of benzene rings is 2. The molecule has 2 aromatic carbocycles. The third-order valence-electron chi connectivity index (χ3n) is 3.53. The molecule has 0 atom stereocenters. The molecule has 0 aliphatic heterocycles. The number of carbonyl (C=O) groups is 1. The van der Waals surface area contributed by atoms with Crippen LogP contribution in [0.1, 0.15) is 16.1 Å². The summed E-state index contributed by atoms with van der Waals surface area (Å²) in [4.78, 5) is 12.5. The van der Waals surface area contributed by atoms with Crippen LogP contribution in [0.15, 0.2) is 57.8 Å². The number of anilines is 1. The topological polar surface area (TPSA) is 76.4 Å². The lowest BCUT2D eigenvalue weighted by atomic mass is 10.2. The molecule has 6 heteroatoms. The van der Waals surface area contributed by atoms with Crippen molar-refractivity contribution in [1.82, 2.24) is 0 Å². The van der Waals surface area contributed by atoms with Crippen molar-refractivity contribution < 1.29 is 17.6 Å². The summed E-state index contributed by atoms with van der Waals surface area (Å²) in [5, 5.41) is 3.54. The van der Waals surface area contributed by atoms with E-state index in [4.69, 9.17) is 4.42 Å². The highest BCUT2D eigenvalue weighted by molar-refractivity contribution is 7.90. The van der Waals surface area contributed by atoms with Crippen LogP contribution < -0.4 is 5.32 Å². The number of rotatable bonds is 3. The predicted molar refractivity (Wildman–Crippen MR) is 88.5 cm³/mol. The van der Waals surface area contributed by atoms with E-state index in [0.717, 1.165) is 17.2 Å². The SMILES string of the molecule is Cc1ccc(S(C)(=O)=O)cc1NC(=O)c1cc2ccccc2o1. The third kappa shape index (κ3) is 3.12. The standard InChI is InChI=1S/C17H15NO4S/c1-11-7-8-13(23(2,20)21)10-14(11)18-17(19)16-9-12-5-3-4-6-15(12)22-16/h3-10H,1-2H3,(H,18,19). The molecule has 0 bridgehead atoms. The van der Waals surface area contributed by atoms with Gasteiger partial charge in [0.1, 0.15) is 5.58 Å². The molecule has 0 aliphatic carbocycles. The summed E-state index contributed by atoms with van der Waals surface area (Å²) < 4.78 is 28.8. The van der Waals surface area contributed by atoms with Gasteiger partial charge in [-0.3, -0.25) is 4.79 Å². The molecule has 23 heavy (non-hydrogen) atoms. The average molecular weight is 329 g/mol. The molecule has 3 aromatic rings. The molecular formula is C17H15NO4S. The zero-order valence-electron chi connectivity index (χ0n) is 12.7. The van der Waals surface area contributed by atoms with Crippen molar-refractivity contribution in [1.29, 1.82) is 0 Å². The number of carbonyl (C=O) groups excluding carboxylic acids is 1. The fraction of sp³-hybridized carbons (Fsp3) is 0.118. The van der Waals surface area contributed by atoms with Gasteiger partial charge in [0, 0.05) is 17.3 Å². The number of fused-ring (bicyclic) bond motifs is 1. The van der Waals surface area contributed by atoms with Crippen molar-refractivity contribution in [2.75, 3.05) is 11.6 Å². The van der Waals surface area contributed by atoms with Gasteiger partial charge >= 0.3 is 0 Å². The second-order valence-electron chi connectivity index (χ2n) is 5.35. The maximum absolute atomic E-state index is 12.3. The van der Waals surface area contributed by atoms with E-state index in [-0.39, 0.29) is 10.7 Å². The van der Waals surface area contributed by atoms with E-state index in [1.165, 1.54) is 12.1 Å². The van der Waals surface area contributed by atoms with Crippen LogP contribution in [0.4, 0.5) is 5.69 Å². The number of hydrogen-bond donors (Lipinski definition) is 1. The van der Waals surface area contributed by atoms with Gasteiger partial charge in [-0.2, -0.15) is 0 Å². The predicted octanol–water partition coefficient (Wildman–Crippen LogP) is 3.40. The van der Waals surface area contributed by atoms with E-state index in [2.05, 4.69) is 5.32 Å². The minimum Gasteiger partial charge on any atom is -0.451 e. The summed E-state index contributed by atoms with van der Waals surface area (Å²) in [6.07, 6.45) is 1.13. The number of hydrogen-bond acceptors (Lipinski definition) is 4. The van der Waals surface area contributed by atoms with E-state index in [9.17, 15) is 13.2 Å². The number of aryl methyl sites for hydroxylation is 1. The molecule has 1 amide bonds. The monoisotopic (exact) mass is 329 g/mol. The number of sulfone groups is 1. The van der Waals surface area contributed by atoms with E-state index in [1.807, 2.05) is 18.2 Å². The zero-order valence-corrected chi connectivity index (χ0v) is 13.5. The number of para-hydroxylation sites is 1. The first kappa shape index (κ1) is 15.3. The fourth-order valence-electron chi connectivity index (χ4n) is 2.24. The highest BCUT2D eigenvalue weighted by atomic mass is 32.2. The first-order valence-corrected chi connectivity index (χ1v) is 8.84. The van der Waals surface area contributed by atoms with E-state index in [1.54, 1.807) is 25.1 Å².